The number of hydrogen-bond donors (Lipinski definition) is 2. The lowest BCUT2D eigenvalue weighted by atomic mass is 9.70. The van der Waals surface area contributed by atoms with Crippen LogP contribution in [0.2, 0.25) is 0 Å². The van der Waals surface area contributed by atoms with E-state index in [1.54, 1.807) is 6.07 Å². The van der Waals surface area contributed by atoms with Gasteiger partial charge in [0.05, 0.1) is 17.2 Å². The van der Waals surface area contributed by atoms with E-state index in [2.05, 4.69) is 59.1 Å². The first-order chi connectivity index (χ1) is 22.4. The number of piperidine rings is 1. The molecule has 2 aromatic carbocycles. The first-order valence-electron chi connectivity index (χ1n) is 17.6. The van der Waals surface area contributed by atoms with Gasteiger partial charge < -0.3 is 24.8 Å². The second-order valence-corrected chi connectivity index (χ2v) is 15.4. The fourth-order valence-corrected chi connectivity index (χ4v) is 8.02. The van der Waals surface area contributed by atoms with Crippen molar-refractivity contribution in [2.24, 2.45) is 5.92 Å². The van der Waals surface area contributed by atoms with E-state index in [9.17, 15) is 14.9 Å². The number of aromatic amines is 1. The Morgan fingerprint density at radius 2 is 1.87 bits per heavy atom. The lowest BCUT2D eigenvalue weighted by Gasteiger charge is -2.38. The first kappa shape index (κ1) is 33.1. The number of anilines is 1. The van der Waals surface area contributed by atoms with Crippen LogP contribution in [-0.2, 0) is 16.6 Å². The monoisotopic (exact) mass is 637 g/mol. The number of alkyl carbamates (subject to hydrolysis) is 1. The predicted octanol–water partition coefficient (Wildman–Crippen LogP) is 7.46. The third-order valence-electron chi connectivity index (χ3n) is 10.6. The standard InChI is InChI=1S/C39H51N5O3/c1-7-27-21-30-31(39(5,6)36-34(35(30)45)29-12-11-26(23-40)20-32(29)42-36)22-33(27)44-18-13-25(14-19-44)10-8-9-16-43-17-15-28(24-43)41-37(46)47-38(2,3)4/h11-12,20-22,25,28,42H,7-10,13-19,24H2,1-6H3,(H,41,46)/t28-/m1/s1. The number of H-pyrrole nitrogens is 1. The topological polar surface area (TPSA) is 101 Å². The van der Waals surface area contributed by atoms with E-state index in [-0.39, 0.29) is 23.3 Å². The van der Waals surface area contributed by atoms with Gasteiger partial charge in [-0.25, -0.2) is 4.79 Å². The molecule has 1 aromatic heterocycles. The fraction of sp³-hybridized carbons (Fsp3) is 0.564. The Labute approximate surface area is 279 Å². The molecule has 3 heterocycles. The average Bonchev–Trinajstić information content (AvgIpc) is 3.65. The number of fused-ring (bicyclic) bond motifs is 4. The quantitative estimate of drug-likeness (QED) is 0.249. The molecule has 0 radical (unpaired) electrons. The van der Waals surface area contributed by atoms with Crippen molar-refractivity contribution in [3.8, 4) is 6.07 Å². The molecule has 250 valence electrons. The minimum atomic E-state index is -0.469. The van der Waals surface area contributed by atoms with Crippen LogP contribution in [-0.4, -0.2) is 66.1 Å². The molecular formula is C39H51N5O3. The van der Waals surface area contributed by atoms with Crippen molar-refractivity contribution in [3.05, 3.63) is 63.8 Å². The van der Waals surface area contributed by atoms with Crippen LogP contribution in [0.15, 0.2) is 30.3 Å². The van der Waals surface area contributed by atoms with Gasteiger partial charge in [-0.1, -0.05) is 39.7 Å². The summed E-state index contributed by atoms with van der Waals surface area (Å²) in [6, 6.07) is 12.4. The third kappa shape index (κ3) is 6.78. The Hall–Kier alpha value is -3.83. The molecular weight excluding hydrogens is 586 g/mol. The summed E-state index contributed by atoms with van der Waals surface area (Å²) in [6.07, 6.45) is 7.65. The Balaban J connectivity index is 1.04. The summed E-state index contributed by atoms with van der Waals surface area (Å²) in [7, 11) is 0. The molecule has 0 bridgehead atoms. The molecule has 2 fully saturated rings. The summed E-state index contributed by atoms with van der Waals surface area (Å²) >= 11 is 0. The summed E-state index contributed by atoms with van der Waals surface area (Å²) in [6.45, 7) is 17.4. The zero-order valence-electron chi connectivity index (χ0n) is 29.1. The number of ether oxygens (including phenoxy) is 1. The van der Waals surface area contributed by atoms with E-state index in [1.165, 1.54) is 43.4 Å². The molecule has 2 N–H and O–H groups in total. The van der Waals surface area contributed by atoms with E-state index in [0.717, 1.165) is 84.8 Å². The van der Waals surface area contributed by atoms with Crippen molar-refractivity contribution in [1.29, 1.82) is 5.26 Å². The number of likely N-dealkylation sites (tertiary alicyclic amines) is 1. The van der Waals surface area contributed by atoms with Crippen LogP contribution < -0.4 is 10.2 Å². The lowest BCUT2D eigenvalue weighted by molar-refractivity contribution is 0.0505. The van der Waals surface area contributed by atoms with Crippen LogP contribution in [0, 0.1) is 17.2 Å². The van der Waals surface area contributed by atoms with Crippen molar-refractivity contribution >= 4 is 28.5 Å². The molecule has 1 atom stereocenters. The molecule has 2 aliphatic heterocycles. The van der Waals surface area contributed by atoms with Crippen LogP contribution in [0.4, 0.5) is 10.5 Å². The van der Waals surface area contributed by atoms with Gasteiger partial charge in [0.2, 0.25) is 0 Å². The number of hydrogen-bond acceptors (Lipinski definition) is 6. The van der Waals surface area contributed by atoms with Crippen LogP contribution in [0.1, 0.15) is 118 Å². The molecule has 8 heteroatoms. The van der Waals surface area contributed by atoms with Gasteiger partial charge in [0.1, 0.15) is 5.60 Å². The summed E-state index contributed by atoms with van der Waals surface area (Å²) in [5.74, 6) is 0.827. The number of aromatic nitrogens is 1. The maximum Gasteiger partial charge on any atom is 0.407 e. The number of ketones is 1. The molecule has 1 aliphatic carbocycles. The minimum Gasteiger partial charge on any atom is -0.444 e. The van der Waals surface area contributed by atoms with Crippen molar-refractivity contribution in [2.45, 2.75) is 104 Å². The highest BCUT2D eigenvalue weighted by Crippen LogP contribution is 2.46. The SMILES string of the molecule is CCc1cc2c(cc1N1CCC(CCCCN3CC[C@@H](NC(=O)OC(C)(C)C)C3)CC1)C(C)(C)c1[nH]c3cc(C#N)ccc3c1C2=O. The highest BCUT2D eigenvalue weighted by molar-refractivity contribution is 6.20. The molecule has 0 saturated carbocycles. The van der Waals surface area contributed by atoms with Gasteiger partial charge in [-0.15, -0.1) is 0 Å². The second kappa shape index (κ2) is 13.0. The normalized spacial score (nSPS) is 19.8. The van der Waals surface area contributed by atoms with Crippen LogP contribution >= 0.6 is 0 Å². The zero-order chi connectivity index (χ0) is 33.5. The van der Waals surface area contributed by atoms with Gasteiger partial charge >= 0.3 is 6.09 Å². The zero-order valence-corrected chi connectivity index (χ0v) is 29.1. The van der Waals surface area contributed by atoms with Crippen molar-refractivity contribution in [3.63, 3.8) is 0 Å². The van der Waals surface area contributed by atoms with E-state index in [1.807, 2.05) is 32.9 Å². The van der Waals surface area contributed by atoms with Gasteiger partial charge in [-0.2, -0.15) is 5.26 Å². The van der Waals surface area contributed by atoms with Crippen molar-refractivity contribution < 1.29 is 14.3 Å². The molecule has 3 aliphatic rings. The number of nitriles is 1. The smallest absolute Gasteiger partial charge is 0.407 e. The Morgan fingerprint density at radius 1 is 1.11 bits per heavy atom. The summed E-state index contributed by atoms with van der Waals surface area (Å²) in [5, 5.41) is 13.4. The van der Waals surface area contributed by atoms with Gasteiger partial charge in [0.15, 0.2) is 5.78 Å². The van der Waals surface area contributed by atoms with E-state index >= 15 is 0 Å². The first-order valence-corrected chi connectivity index (χ1v) is 17.6. The fourth-order valence-electron chi connectivity index (χ4n) is 8.02. The van der Waals surface area contributed by atoms with Gasteiger partial charge in [0, 0.05) is 65.5 Å². The maximum absolute atomic E-state index is 14.0. The minimum absolute atomic E-state index is 0.0778. The average molecular weight is 638 g/mol. The molecule has 1 amide bonds. The number of carbonyl (C=O) groups excluding carboxylic acids is 2. The summed E-state index contributed by atoms with van der Waals surface area (Å²) in [5.41, 5.74) is 6.71. The Morgan fingerprint density at radius 3 is 2.57 bits per heavy atom. The molecule has 0 unspecified atom stereocenters. The number of amides is 1. The van der Waals surface area contributed by atoms with E-state index < -0.39 is 5.60 Å². The third-order valence-corrected chi connectivity index (χ3v) is 10.6. The van der Waals surface area contributed by atoms with Crippen molar-refractivity contribution in [2.75, 3.05) is 37.6 Å². The molecule has 8 nitrogen and oxygen atoms in total. The summed E-state index contributed by atoms with van der Waals surface area (Å²) < 4.78 is 5.42. The van der Waals surface area contributed by atoms with Gasteiger partial charge in [0.25, 0.3) is 0 Å². The number of unbranched alkanes of at least 4 members (excludes halogenated alkanes) is 1. The molecule has 2 saturated heterocycles. The number of rotatable bonds is 8. The largest absolute Gasteiger partial charge is 0.444 e. The van der Waals surface area contributed by atoms with Gasteiger partial charge in [-0.05, 0) is 101 Å². The number of aryl methyl sites for hydroxylation is 1. The Bertz CT molecular complexity index is 1700. The number of benzene rings is 2. The molecule has 0 spiro atoms. The predicted molar refractivity (Wildman–Crippen MR) is 187 cm³/mol. The van der Waals surface area contributed by atoms with Gasteiger partial charge in [-0.3, -0.25) is 4.79 Å². The molecule has 6 rings (SSSR count). The van der Waals surface area contributed by atoms with Crippen molar-refractivity contribution in [1.82, 2.24) is 15.2 Å². The van der Waals surface area contributed by atoms with Crippen LogP contribution in [0.25, 0.3) is 10.9 Å². The maximum atomic E-state index is 14.0. The van der Waals surface area contributed by atoms with Crippen LogP contribution in [0.5, 0.6) is 0 Å². The highest BCUT2D eigenvalue weighted by atomic mass is 16.6. The second-order valence-electron chi connectivity index (χ2n) is 15.4. The Kier molecular flexibility index (Phi) is 9.15. The lowest BCUT2D eigenvalue weighted by Crippen LogP contribution is -2.40. The number of carbonyl (C=O) groups is 2. The molecule has 47 heavy (non-hydrogen) atoms. The number of nitrogens with one attached hydrogen (secondary N) is 2. The van der Waals surface area contributed by atoms with E-state index in [0.29, 0.717) is 5.56 Å². The van der Waals surface area contributed by atoms with Crippen LogP contribution in [0.3, 0.4) is 0 Å². The summed E-state index contributed by atoms with van der Waals surface area (Å²) in [4.78, 5) is 34.7. The van der Waals surface area contributed by atoms with E-state index in [4.69, 9.17) is 4.74 Å². The molecule has 3 aromatic rings. The number of nitrogens with zero attached hydrogens (tertiary/aromatic N) is 3. The highest BCUT2D eigenvalue weighted by Gasteiger charge is 2.40.